The van der Waals surface area contributed by atoms with Crippen LogP contribution in [0.3, 0.4) is 0 Å². The van der Waals surface area contributed by atoms with Crippen molar-refractivity contribution >= 4 is 28.8 Å². The number of rotatable bonds is 8. The van der Waals surface area contributed by atoms with Crippen LogP contribution < -0.4 is 15.4 Å². The lowest BCUT2D eigenvalue weighted by atomic mass is 9.97. The van der Waals surface area contributed by atoms with Gasteiger partial charge in [0, 0.05) is 17.8 Å². The molecule has 2 N–H and O–H groups in total. The lowest BCUT2D eigenvalue weighted by molar-refractivity contribution is -0.160. The van der Waals surface area contributed by atoms with Crippen LogP contribution in [0, 0.1) is 0 Å². The number of halogens is 3. The summed E-state index contributed by atoms with van der Waals surface area (Å²) in [5.74, 6) is -0.0757. The summed E-state index contributed by atoms with van der Waals surface area (Å²) < 4.78 is 57.0. The number of benzene rings is 2. The Morgan fingerprint density at radius 1 is 1.08 bits per heavy atom. The second-order valence-corrected chi connectivity index (χ2v) is 9.05. The number of urea groups is 1. The molecule has 1 heterocycles. The summed E-state index contributed by atoms with van der Waals surface area (Å²) in [5.41, 5.74) is 0.247. The van der Waals surface area contributed by atoms with Gasteiger partial charge in [-0.3, -0.25) is 4.79 Å². The van der Waals surface area contributed by atoms with Gasteiger partial charge in [-0.2, -0.15) is 13.2 Å². The van der Waals surface area contributed by atoms with Crippen LogP contribution in [0.5, 0.6) is 5.75 Å². The predicted molar refractivity (Wildman–Crippen MR) is 132 cm³/mol. The van der Waals surface area contributed by atoms with E-state index in [0.29, 0.717) is 18.1 Å². The Morgan fingerprint density at radius 3 is 2.38 bits per heavy atom. The van der Waals surface area contributed by atoms with Gasteiger partial charge < -0.3 is 24.8 Å². The average molecular weight is 517 g/mol. The molecule has 2 amide bonds. The number of alkyl halides is 3. The molecule has 2 aromatic rings. The number of amides is 2. The Bertz CT molecular complexity index is 1230. The van der Waals surface area contributed by atoms with Crippen LogP contribution in [0.2, 0.25) is 0 Å². The molecule has 0 atom stereocenters. The first-order chi connectivity index (χ1) is 17.6. The van der Waals surface area contributed by atoms with Gasteiger partial charge in [-0.1, -0.05) is 25.1 Å². The van der Waals surface area contributed by atoms with Crippen molar-refractivity contribution in [2.75, 3.05) is 30.5 Å². The first-order valence-corrected chi connectivity index (χ1v) is 11.8. The Labute approximate surface area is 212 Å². The topological polar surface area (TPSA) is 85.9 Å². The van der Waals surface area contributed by atoms with Gasteiger partial charge in [0.05, 0.1) is 25.4 Å². The normalized spacial score (nSPS) is 16.7. The first kappa shape index (κ1) is 26.3. The smallest absolute Gasteiger partial charge is 0.420 e. The number of hydrogen-bond donors (Lipinski definition) is 2. The minimum Gasteiger partial charge on any atom is -0.490 e. The quantitative estimate of drug-likeness (QED) is 0.437. The van der Waals surface area contributed by atoms with E-state index < -0.39 is 23.4 Å². The Hall–Kier alpha value is -3.79. The maximum Gasteiger partial charge on any atom is 0.420 e. The zero-order valence-electron chi connectivity index (χ0n) is 20.4. The Morgan fingerprint density at radius 2 is 1.76 bits per heavy atom. The van der Waals surface area contributed by atoms with E-state index >= 15 is 0 Å². The van der Waals surface area contributed by atoms with E-state index in [1.54, 1.807) is 43.3 Å². The van der Waals surface area contributed by atoms with E-state index in [2.05, 4.69) is 10.6 Å². The van der Waals surface area contributed by atoms with E-state index in [-0.39, 0.29) is 36.9 Å². The van der Waals surface area contributed by atoms with Crippen LogP contribution in [-0.4, -0.2) is 37.2 Å². The fourth-order valence-electron chi connectivity index (χ4n) is 3.79. The fraction of sp³-hybridized carbons (Fsp3) is 0.333. The largest absolute Gasteiger partial charge is 0.490 e. The summed E-state index contributed by atoms with van der Waals surface area (Å²) in [6.45, 7) is 4.48. The van der Waals surface area contributed by atoms with Crippen molar-refractivity contribution in [2.24, 2.45) is 0 Å². The van der Waals surface area contributed by atoms with E-state index in [4.69, 9.17) is 14.2 Å². The molecule has 0 saturated carbocycles. The van der Waals surface area contributed by atoms with E-state index in [0.717, 1.165) is 23.6 Å². The number of Topliss-reactive ketones (excluding diaryl/α,β-unsaturated/α-hetero) is 1. The minimum atomic E-state index is -4.67. The molecule has 4 rings (SSSR count). The van der Waals surface area contributed by atoms with Gasteiger partial charge in [-0.05, 0) is 60.9 Å². The van der Waals surface area contributed by atoms with Gasteiger partial charge in [0.2, 0.25) is 5.78 Å². The molecule has 0 radical (unpaired) electrons. The van der Waals surface area contributed by atoms with Crippen molar-refractivity contribution in [3.05, 3.63) is 71.5 Å². The van der Waals surface area contributed by atoms with Gasteiger partial charge in [0.15, 0.2) is 11.4 Å². The summed E-state index contributed by atoms with van der Waals surface area (Å²) >= 11 is 0. The monoisotopic (exact) mass is 516 g/mol. The number of ketones is 1. The third kappa shape index (κ3) is 6.51. The van der Waals surface area contributed by atoms with Crippen LogP contribution in [-0.2, 0) is 20.4 Å². The van der Waals surface area contributed by atoms with Crippen molar-refractivity contribution in [3.63, 3.8) is 0 Å². The lowest BCUT2D eigenvalue weighted by Crippen LogP contribution is -2.51. The molecule has 7 nitrogen and oxygen atoms in total. The summed E-state index contributed by atoms with van der Waals surface area (Å²) in [6.07, 6.45) is -0.143. The average Bonchev–Trinajstić information content (AvgIpc) is 2.83. The SMILES string of the molecule is CCCOC1=CC(c2ccc(NC(=O)Nc3ccc(OC4(C)COC4)c(C(F)(F)F)c3)cc2)=CCC1=O. The summed E-state index contributed by atoms with van der Waals surface area (Å²) in [7, 11) is 0. The Kier molecular flexibility index (Phi) is 7.58. The molecule has 1 aliphatic heterocycles. The van der Waals surface area contributed by atoms with Crippen molar-refractivity contribution in [1.82, 2.24) is 0 Å². The first-order valence-electron chi connectivity index (χ1n) is 11.8. The van der Waals surface area contributed by atoms with Gasteiger partial charge in [-0.25, -0.2) is 4.79 Å². The molecule has 196 valence electrons. The van der Waals surface area contributed by atoms with Crippen molar-refractivity contribution in [1.29, 1.82) is 0 Å². The van der Waals surface area contributed by atoms with E-state index in [9.17, 15) is 22.8 Å². The third-order valence-corrected chi connectivity index (χ3v) is 5.72. The highest BCUT2D eigenvalue weighted by Gasteiger charge is 2.40. The molecular weight excluding hydrogens is 489 g/mol. The molecule has 1 saturated heterocycles. The number of allylic oxidation sites excluding steroid dienone is 4. The van der Waals surface area contributed by atoms with Crippen LogP contribution >= 0.6 is 0 Å². The van der Waals surface area contributed by atoms with E-state index in [1.807, 2.05) is 6.92 Å². The fourth-order valence-corrected chi connectivity index (χ4v) is 3.79. The molecule has 1 fully saturated rings. The van der Waals surface area contributed by atoms with Crippen LogP contribution in [0.25, 0.3) is 5.57 Å². The molecular formula is C27H27F3N2O5. The highest BCUT2D eigenvalue weighted by atomic mass is 19.4. The molecule has 0 aromatic heterocycles. The van der Waals surface area contributed by atoms with Crippen molar-refractivity contribution in [2.45, 2.75) is 38.5 Å². The number of hydrogen-bond acceptors (Lipinski definition) is 5. The molecule has 37 heavy (non-hydrogen) atoms. The number of nitrogens with one attached hydrogen (secondary N) is 2. The third-order valence-electron chi connectivity index (χ3n) is 5.72. The summed E-state index contributed by atoms with van der Waals surface area (Å²) in [5, 5.41) is 5.02. The zero-order chi connectivity index (χ0) is 26.6. The maximum atomic E-state index is 13.6. The summed E-state index contributed by atoms with van der Waals surface area (Å²) in [6, 6.07) is 9.52. The van der Waals surface area contributed by atoms with Gasteiger partial charge in [0.25, 0.3) is 0 Å². The highest BCUT2D eigenvalue weighted by Crippen LogP contribution is 2.40. The van der Waals surface area contributed by atoms with Gasteiger partial charge in [0.1, 0.15) is 5.75 Å². The molecule has 2 aromatic carbocycles. The lowest BCUT2D eigenvalue weighted by Gasteiger charge is -2.38. The van der Waals surface area contributed by atoms with Crippen LogP contribution in [0.15, 0.2) is 60.4 Å². The second-order valence-electron chi connectivity index (χ2n) is 9.05. The molecule has 0 bridgehead atoms. The Balaban J connectivity index is 1.41. The number of carbonyl (C=O) groups is 2. The van der Waals surface area contributed by atoms with Crippen LogP contribution in [0.1, 0.15) is 37.8 Å². The van der Waals surface area contributed by atoms with Gasteiger partial charge >= 0.3 is 12.2 Å². The van der Waals surface area contributed by atoms with E-state index in [1.165, 1.54) is 12.1 Å². The maximum absolute atomic E-state index is 13.6. The number of ether oxygens (including phenoxy) is 3. The predicted octanol–water partition coefficient (Wildman–Crippen LogP) is 6.18. The molecule has 2 aliphatic rings. The summed E-state index contributed by atoms with van der Waals surface area (Å²) in [4.78, 5) is 24.5. The second kappa shape index (κ2) is 10.7. The molecule has 0 spiro atoms. The molecule has 1 aliphatic carbocycles. The molecule has 10 heteroatoms. The molecule has 0 unspecified atom stereocenters. The van der Waals surface area contributed by atoms with Gasteiger partial charge in [-0.15, -0.1) is 0 Å². The highest BCUT2D eigenvalue weighted by molar-refractivity contribution is 6.02. The van der Waals surface area contributed by atoms with Crippen LogP contribution in [0.4, 0.5) is 29.3 Å². The van der Waals surface area contributed by atoms with Crippen molar-refractivity contribution in [3.8, 4) is 5.75 Å². The zero-order valence-corrected chi connectivity index (χ0v) is 20.4. The van der Waals surface area contributed by atoms with Crippen molar-refractivity contribution < 1.29 is 37.0 Å². The standard InChI is InChI=1S/C27H27F3N2O5/c1-3-12-36-24-13-18(6-10-22(24)33)17-4-7-19(8-5-17)31-25(34)32-20-9-11-23(21(14-20)27(28,29)30)37-26(2)15-35-16-26/h4-9,11,13-14H,3,10,12,15-16H2,1-2H3,(H2,31,32,34). The number of anilines is 2. The number of carbonyl (C=O) groups excluding carboxylic acids is 2. The minimum absolute atomic E-state index is 0.0365.